The van der Waals surface area contributed by atoms with Gasteiger partial charge in [-0.2, -0.15) is 31.3 Å². The number of alkyl halides is 10. The Hall–Kier alpha value is -0.810. The van der Waals surface area contributed by atoms with Crippen LogP contribution >= 0.6 is 0 Å². The maximum atomic E-state index is 11.1. The van der Waals surface area contributed by atoms with Crippen molar-refractivity contribution in [3.8, 4) is 0 Å². The smallest absolute Gasteiger partial charge is 0.251 e. The molecule has 1 unspecified atom stereocenters. The zero-order valence-electron chi connectivity index (χ0n) is 8.97. The third kappa shape index (κ3) is 22.8. The van der Waals surface area contributed by atoms with Gasteiger partial charge < -0.3 is 0 Å². The van der Waals surface area contributed by atoms with Gasteiger partial charge in [-0.15, -0.1) is 0 Å². The van der Waals surface area contributed by atoms with Crippen LogP contribution in [0.25, 0.3) is 0 Å². The Morgan fingerprint density at radius 1 is 0.842 bits per heavy atom. The summed E-state index contributed by atoms with van der Waals surface area (Å²) in [5.41, 5.74) is 0. The highest BCUT2D eigenvalue weighted by Gasteiger charge is 2.42. The summed E-state index contributed by atoms with van der Waals surface area (Å²) in [6, 6.07) is 0. The molecule has 0 amide bonds. The second-order valence-electron chi connectivity index (χ2n) is 2.43. The predicted octanol–water partition coefficient (Wildman–Crippen LogP) is 4.58. The normalized spacial score (nSPS) is 12.8. The van der Waals surface area contributed by atoms with E-state index in [9.17, 15) is 48.4 Å². The van der Waals surface area contributed by atoms with E-state index >= 15 is 0 Å². The van der Waals surface area contributed by atoms with E-state index in [2.05, 4.69) is 4.94 Å². The summed E-state index contributed by atoms with van der Waals surface area (Å²) in [6.45, 7) is -4.97. The van der Waals surface area contributed by atoms with E-state index in [0.717, 1.165) is 0 Å². The molecule has 0 fully saturated rings. The van der Waals surface area contributed by atoms with Crippen molar-refractivity contribution >= 4 is 0 Å². The fraction of sp³-hybridized carbons (Fsp3) is 1.00. The Morgan fingerprint density at radius 2 is 1.21 bits per heavy atom. The van der Waals surface area contributed by atoms with Gasteiger partial charge in [-0.3, -0.25) is 4.39 Å². The molecule has 0 aromatic heterocycles. The topological polar surface area (TPSA) is 9.23 Å². The molecule has 0 aliphatic rings. The summed E-state index contributed by atoms with van der Waals surface area (Å²) >= 11 is 0. The first kappa shape index (κ1) is 23.3. The van der Waals surface area contributed by atoms with E-state index in [1.807, 2.05) is 0 Å². The van der Waals surface area contributed by atoms with Gasteiger partial charge in [-0.1, -0.05) is 0 Å². The lowest BCUT2D eigenvalue weighted by Gasteiger charge is -2.10. The third-order valence-electron chi connectivity index (χ3n) is 0.991. The van der Waals surface area contributed by atoms with Gasteiger partial charge in [0, 0.05) is 0 Å². The molecule has 0 bridgehead atoms. The van der Waals surface area contributed by atoms with Crippen LogP contribution in [0.1, 0.15) is 6.42 Å². The van der Waals surface area contributed by atoms with E-state index in [1.165, 1.54) is 0 Å². The lowest BCUT2D eigenvalue weighted by atomic mass is 10.4. The lowest BCUT2D eigenvalue weighted by Crippen LogP contribution is -2.31. The molecule has 1 nitrogen and oxygen atoms in total. The van der Waals surface area contributed by atoms with Crippen LogP contribution in [-0.4, -0.2) is 38.7 Å². The number of hydrogen-bond acceptors (Lipinski definition) is 1. The van der Waals surface area contributed by atoms with E-state index in [4.69, 9.17) is 0 Å². The minimum Gasteiger partial charge on any atom is -0.251 e. The quantitative estimate of drug-likeness (QED) is 0.692. The Balaban J connectivity index is -0.000000228. The van der Waals surface area contributed by atoms with Crippen molar-refractivity contribution in [2.24, 2.45) is 0 Å². The van der Waals surface area contributed by atoms with Crippen molar-refractivity contribution in [2.75, 3.05) is 20.3 Å². The van der Waals surface area contributed by atoms with Crippen LogP contribution in [-0.2, 0) is 4.94 Å². The monoisotopic (exact) mass is 318 g/mol. The second-order valence-corrected chi connectivity index (χ2v) is 2.43. The van der Waals surface area contributed by atoms with Crippen LogP contribution < -0.4 is 0 Å². The molecule has 0 N–H and O–H groups in total. The highest BCUT2D eigenvalue weighted by Crippen LogP contribution is 2.23. The molecule has 12 heteroatoms. The van der Waals surface area contributed by atoms with Gasteiger partial charge in [0.1, 0.15) is 6.67 Å². The third-order valence-corrected chi connectivity index (χ3v) is 0.991. The van der Waals surface area contributed by atoms with Crippen LogP contribution in [0.15, 0.2) is 0 Å². The fourth-order valence-electron chi connectivity index (χ4n) is 0.269. The van der Waals surface area contributed by atoms with Gasteiger partial charge in [-0.25, -0.2) is 13.2 Å². The zero-order chi connectivity index (χ0) is 16.1. The maximum Gasteiger partial charge on any atom is 0.420 e. The van der Waals surface area contributed by atoms with Crippen molar-refractivity contribution in [1.29, 1.82) is 0 Å². The Morgan fingerprint density at radius 3 is 1.21 bits per heavy atom. The minimum atomic E-state index is -4.95. The molecule has 0 aliphatic heterocycles. The molecular weight excluding hydrogens is 309 g/mol. The molecule has 0 heterocycles. The van der Waals surface area contributed by atoms with Crippen molar-refractivity contribution in [3.05, 3.63) is 0 Å². The first-order valence-corrected chi connectivity index (χ1v) is 4.14. The van der Waals surface area contributed by atoms with Crippen LogP contribution in [0.2, 0.25) is 0 Å². The van der Waals surface area contributed by atoms with Gasteiger partial charge >= 0.3 is 12.4 Å². The average molecular weight is 318 g/mol. The van der Waals surface area contributed by atoms with Crippen LogP contribution in [0, 0.1) is 0 Å². The summed E-state index contributed by atoms with van der Waals surface area (Å²) in [5, 5.41) is 0. The lowest BCUT2D eigenvalue weighted by molar-refractivity contribution is -0.297. The van der Waals surface area contributed by atoms with Gasteiger partial charge in [0.05, 0.1) is 13.1 Å². The molecule has 19 heavy (non-hydrogen) atoms. The molecule has 0 aromatic rings. The second kappa shape index (κ2) is 12.2. The van der Waals surface area contributed by atoms with Crippen molar-refractivity contribution in [2.45, 2.75) is 24.9 Å². The van der Waals surface area contributed by atoms with Crippen LogP contribution in [0.3, 0.4) is 0 Å². The van der Waals surface area contributed by atoms with Crippen molar-refractivity contribution in [3.63, 3.8) is 0 Å². The standard InChI is InChI=1S/C3H3F5O.C3H4F4.CH2F2/c4-1-2(9-8)3(5,6)7;4-2-1-3(5,6)7;2-1-3/h2H,1H2;1-2H2;1H2. The van der Waals surface area contributed by atoms with Gasteiger partial charge in [0.15, 0.2) is 0 Å². The molecule has 1 atom stereocenters. The summed E-state index contributed by atoms with van der Waals surface area (Å²) in [7, 11) is 0. The van der Waals surface area contributed by atoms with E-state index in [1.54, 1.807) is 0 Å². The summed E-state index contributed by atoms with van der Waals surface area (Å²) in [4.78, 5) is 2.26. The molecular formula is C7H9F11O. The Bertz CT molecular complexity index is 173. The molecule has 0 spiro atoms. The Labute approximate surface area is 99.8 Å². The first-order valence-electron chi connectivity index (χ1n) is 4.14. The predicted molar refractivity (Wildman–Crippen MR) is 41.7 cm³/mol. The molecule has 120 valence electrons. The molecule has 0 aliphatic carbocycles. The summed E-state index contributed by atoms with van der Waals surface area (Å²) in [6.07, 6.45) is -13.5. The van der Waals surface area contributed by atoms with Crippen molar-refractivity contribution < 1.29 is 53.4 Å². The van der Waals surface area contributed by atoms with Gasteiger partial charge in [0.2, 0.25) is 13.0 Å². The SMILES string of the molecule is FCC(OF)C(F)(F)F.FCCC(F)(F)F.FCF. The van der Waals surface area contributed by atoms with Crippen molar-refractivity contribution in [1.82, 2.24) is 0 Å². The van der Waals surface area contributed by atoms with Gasteiger partial charge in [-0.05, 0) is 4.53 Å². The van der Waals surface area contributed by atoms with E-state index in [-0.39, 0.29) is 0 Å². The zero-order valence-corrected chi connectivity index (χ0v) is 8.97. The molecule has 0 rings (SSSR count). The fourth-order valence-corrected chi connectivity index (χ4v) is 0.269. The first-order chi connectivity index (χ1) is 8.49. The van der Waals surface area contributed by atoms with Gasteiger partial charge in [0.25, 0.3) is 0 Å². The largest absolute Gasteiger partial charge is 0.420 e. The summed E-state index contributed by atoms with van der Waals surface area (Å²) < 4.78 is 118. The van der Waals surface area contributed by atoms with E-state index < -0.39 is 45.2 Å². The maximum absolute atomic E-state index is 11.1. The molecule has 0 saturated heterocycles. The Kier molecular flexibility index (Phi) is 15.0. The molecule has 0 saturated carbocycles. The highest BCUT2D eigenvalue weighted by atomic mass is 19.4. The molecule has 0 radical (unpaired) electrons. The highest BCUT2D eigenvalue weighted by molar-refractivity contribution is 4.63. The summed E-state index contributed by atoms with van der Waals surface area (Å²) in [5.74, 6) is 0. The average Bonchev–Trinajstić information content (AvgIpc) is 2.17. The number of rotatable bonds is 3. The molecule has 0 aromatic carbocycles. The number of halogens is 11. The van der Waals surface area contributed by atoms with E-state index in [0.29, 0.717) is 0 Å². The minimum absolute atomic E-state index is 1.32. The van der Waals surface area contributed by atoms with Crippen LogP contribution in [0.4, 0.5) is 48.4 Å². The van der Waals surface area contributed by atoms with Crippen LogP contribution in [0.5, 0.6) is 0 Å². The number of hydrogen-bond donors (Lipinski definition) is 0.